The number of nitrogens with one attached hydrogen (secondary N) is 2. The van der Waals surface area contributed by atoms with E-state index in [-0.39, 0.29) is 17.7 Å². The van der Waals surface area contributed by atoms with Gasteiger partial charge in [0.25, 0.3) is 5.91 Å². The number of hydrogen-bond acceptors (Lipinski definition) is 3. The van der Waals surface area contributed by atoms with Crippen LogP contribution in [0, 0.1) is 5.92 Å². The number of amides is 3. The molecule has 3 amide bonds. The molecule has 2 N–H and O–H groups in total. The van der Waals surface area contributed by atoms with Crippen molar-refractivity contribution in [3.8, 4) is 0 Å². The maximum Gasteiger partial charge on any atom is 0.254 e. The molecule has 26 heavy (non-hydrogen) atoms. The minimum atomic E-state index is -0.222. The Morgan fingerprint density at radius 2 is 1.62 bits per heavy atom. The molecule has 1 saturated heterocycles. The highest BCUT2D eigenvalue weighted by Crippen LogP contribution is 2.25. The third kappa shape index (κ3) is 5.86. The van der Waals surface area contributed by atoms with Gasteiger partial charge in [0.2, 0.25) is 11.8 Å². The van der Waals surface area contributed by atoms with Crippen LogP contribution in [0.1, 0.15) is 63.2 Å². The van der Waals surface area contributed by atoms with Crippen LogP contribution in [0.4, 0.5) is 11.4 Å². The molecule has 6 nitrogen and oxygen atoms in total. The number of rotatable bonds is 5. The lowest BCUT2D eigenvalue weighted by Crippen LogP contribution is -2.32. The molecule has 6 heteroatoms. The number of carbonyl (C=O) groups excluding carboxylic acids is 3. The Labute approximate surface area is 155 Å². The molecule has 1 aliphatic rings. The fourth-order valence-corrected chi connectivity index (χ4v) is 3.55. The molecule has 2 rings (SSSR count). The zero-order valence-corrected chi connectivity index (χ0v) is 15.9. The second-order valence-corrected chi connectivity index (χ2v) is 7.04. The molecule has 0 spiro atoms. The molecule has 1 atom stereocenters. The Morgan fingerprint density at radius 3 is 2.15 bits per heavy atom. The summed E-state index contributed by atoms with van der Waals surface area (Å²) in [5.74, 6) is 0.195. The molecule has 0 unspecified atom stereocenters. The third-order valence-electron chi connectivity index (χ3n) is 4.65. The van der Waals surface area contributed by atoms with E-state index in [9.17, 15) is 14.4 Å². The van der Waals surface area contributed by atoms with E-state index >= 15 is 0 Å². The van der Waals surface area contributed by atoms with Gasteiger partial charge in [0.05, 0.1) is 0 Å². The van der Waals surface area contributed by atoms with E-state index in [2.05, 4.69) is 17.6 Å². The van der Waals surface area contributed by atoms with Crippen LogP contribution in [0.3, 0.4) is 0 Å². The standard InChI is InChI=1S/C20H29N3O3/c1-4-6-16-7-5-9-23(10-8-16)20(26)17-11-18(21-14(2)24)13-19(12-17)22-15(3)25/h11-13,16H,4-10H2,1-3H3,(H,21,24)(H,22,25)/t16-/m1/s1. The lowest BCUT2D eigenvalue weighted by atomic mass is 9.96. The predicted molar refractivity (Wildman–Crippen MR) is 103 cm³/mol. The quantitative estimate of drug-likeness (QED) is 0.842. The van der Waals surface area contributed by atoms with Crippen molar-refractivity contribution in [2.75, 3.05) is 23.7 Å². The molecule has 0 saturated carbocycles. The summed E-state index contributed by atoms with van der Waals surface area (Å²) in [4.78, 5) is 37.6. The van der Waals surface area contributed by atoms with Crippen molar-refractivity contribution in [1.29, 1.82) is 0 Å². The van der Waals surface area contributed by atoms with E-state index in [1.54, 1.807) is 18.2 Å². The van der Waals surface area contributed by atoms with Crippen molar-refractivity contribution in [1.82, 2.24) is 4.90 Å². The zero-order chi connectivity index (χ0) is 19.1. The van der Waals surface area contributed by atoms with E-state index in [4.69, 9.17) is 0 Å². The Kier molecular flexibility index (Phi) is 7.18. The minimum Gasteiger partial charge on any atom is -0.339 e. The van der Waals surface area contributed by atoms with Crippen LogP contribution >= 0.6 is 0 Å². The van der Waals surface area contributed by atoms with Crippen molar-refractivity contribution in [3.63, 3.8) is 0 Å². The highest BCUT2D eigenvalue weighted by molar-refractivity contribution is 6.00. The molecule has 0 aliphatic carbocycles. The van der Waals surface area contributed by atoms with Crippen LogP contribution in [-0.2, 0) is 9.59 Å². The van der Waals surface area contributed by atoms with Gasteiger partial charge in [-0.15, -0.1) is 0 Å². The molecule has 1 aliphatic heterocycles. The summed E-state index contributed by atoms with van der Waals surface area (Å²) in [5, 5.41) is 5.38. The molecule has 142 valence electrons. The van der Waals surface area contributed by atoms with Crippen LogP contribution in [0.5, 0.6) is 0 Å². The van der Waals surface area contributed by atoms with Gasteiger partial charge < -0.3 is 15.5 Å². The first-order valence-electron chi connectivity index (χ1n) is 9.38. The molecular weight excluding hydrogens is 330 g/mol. The summed E-state index contributed by atoms with van der Waals surface area (Å²) in [7, 11) is 0. The molecule has 1 aromatic carbocycles. The number of hydrogen-bond donors (Lipinski definition) is 2. The van der Waals surface area contributed by atoms with Crippen LogP contribution in [-0.4, -0.2) is 35.7 Å². The third-order valence-corrected chi connectivity index (χ3v) is 4.65. The van der Waals surface area contributed by atoms with Gasteiger partial charge in [-0.2, -0.15) is 0 Å². The molecule has 1 heterocycles. The largest absolute Gasteiger partial charge is 0.339 e. The lowest BCUT2D eigenvalue weighted by molar-refractivity contribution is -0.115. The fraction of sp³-hybridized carbons (Fsp3) is 0.550. The van der Waals surface area contributed by atoms with Crippen LogP contribution in [0.15, 0.2) is 18.2 Å². The topological polar surface area (TPSA) is 78.5 Å². The van der Waals surface area contributed by atoms with Gasteiger partial charge in [-0.3, -0.25) is 14.4 Å². The molecular formula is C20H29N3O3. The normalized spacial score (nSPS) is 17.3. The average molecular weight is 359 g/mol. The Balaban J connectivity index is 2.20. The van der Waals surface area contributed by atoms with Crippen LogP contribution < -0.4 is 10.6 Å². The highest BCUT2D eigenvalue weighted by Gasteiger charge is 2.22. The van der Waals surface area contributed by atoms with Gasteiger partial charge in [-0.25, -0.2) is 0 Å². The van der Waals surface area contributed by atoms with Crippen molar-refractivity contribution in [2.24, 2.45) is 5.92 Å². The van der Waals surface area contributed by atoms with E-state index in [1.165, 1.54) is 33.1 Å². The predicted octanol–water partition coefficient (Wildman–Crippen LogP) is 3.65. The van der Waals surface area contributed by atoms with Gasteiger partial charge in [-0.1, -0.05) is 19.8 Å². The number of nitrogens with zero attached hydrogens (tertiary/aromatic N) is 1. The summed E-state index contributed by atoms with van der Waals surface area (Å²) in [6.07, 6.45) is 5.61. The molecule has 0 bridgehead atoms. The monoisotopic (exact) mass is 359 g/mol. The first kappa shape index (κ1) is 19.9. The van der Waals surface area contributed by atoms with Gasteiger partial charge in [0.15, 0.2) is 0 Å². The van der Waals surface area contributed by atoms with E-state index in [0.29, 0.717) is 22.9 Å². The summed E-state index contributed by atoms with van der Waals surface area (Å²) in [6.45, 7) is 6.53. The van der Waals surface area contributed by atoms with Crippen LogP contribution in [0.25, 0.3) is 0 Å². The van der Waals surface area contributed by atoms with E-state index in [1.807, 2.05) is 4.90 Å². The molecule has 1 fully saturated rings. The SMILES string of the molecule is CCC[C@@H]1CCCN(C(=O)c2cc(NC(C)=O)cc(NC(C)=O)c2)CC1. The number of anilines is 2. The van der Waals surface area contributed by atoms with Crippen molar-refractivity contribution >= 4 is 29.1 Å². The first-order chi connectivity index (χ1) is 12.4. The number of likely N-dealkylation sites (tertiary alicyclic amines) is 1. The highest BCUT2D eigenvalue weighted by atomic mass is 16.2. The smallest absolute Gasteiger partial charge is 0.254 e. The second kappa shape index (κ2) is 9.36. The average Bonchev–Trinajstić information content (AvgIpc) is 2.78. The maximum absolute atomic E-state index is 13.0. The fourth-order valence-electron chi connectivity index (χ4n) is 3.55. The van der Waals surface area contributed by atoms with Gasteiger partial charge in [-0.05, 0) is 43.4 Å². The lowest BCUT2D eigenvalue weighted by Gasteiger charge is -2.21. The summed E-state index contributed by atoms with van der Waals surface area (Å²) >= 11 is 0. The maximum atomic E-state index is 13.0. The first-order valence-corrected chi connectivity index (χ1v) is 9.38. The zero-order valence-electron chi connectivity index (χ0n) is 15.9. The Morgan fingerprint density at radius 1 is 1.00 bits per heavy atom. The van der Waals surface area contributed by atoms with Crippen molar-refractivity contribution < 1.29 is 14.4 Å². The minimum absolute atomic E-state index is 0.0547. The van der Waals surface area contributed by atoms with Crippen molar-refractivity contribution in [3.05, 3.63) is 23.8 Å². The Hall–Kier alpha value is -2.37. The summed E-state index contributed by atoms with van der Waals surface area (Å²) in [6, 6.07) is 4.99. The number of carbonyl (C=O) groups is 3. The molecule has 0 aromatic heterocycles. The number of benzene rings is 1. The van der Waals surface area contributed by atoms with Crippen molar-refractivity contribution in [2.45, 2.75) is 52.9 Å². The summed E-state index contributed by atoms with van der Waals surface area (Å²) in [5.41, 5.74) is 1.49. The molecule has 0 radical (unpaired) electrons. The molecule has 1 aromatic rings. The van der Waals surface area contributed by atoms with Gasteiger partial charge in [0, 0.05) is 43.9 Å². The van der Waals surface area contributed by atoms with Gasteiger partial charge >= 0.3 is 0 Å². The van der Waals surface area contributed by atoms with Gasteiger partial charge in [0.1, 0.15) is 0 Å². The Bertz CT molecular complexity index is 638. The second-order valence-electron chi connectivity index (χ2n) is 7.04. The van der Waals surface area contributed by atoms with E-state index in [0.717, 1.165) is 25.9 Å². The van der Waals surface area contributed by atoms with Crippen LogP contribution in [0.2, 0.25) is 0 Å². The van der Waals surface area contributed by atoms with E-state index < -0.39 is 0 Å². The summed E-state index contributed by atoms with van der Waals surface area (Å²) < 4.78 is 0.